The molecule has 6 heteroatoms. The summed E-state index contributed by atoms with van der Waals surface area (Å²) in [6.07, 6.45) is 18.3. The Morgan fingerprint density at radius 2 is 1.31 bits per heavy atom. The lowest BCUT2D eigenvalue weighted by Gasteiger charge is -2.11. The zero-order chi connectivity index (χ0) is 25.6. The third-order valence-corrected chi connectivity index (χ3v) is 5.99. The maximum Gasteiger partial charge on any atom is 0.375 e. The summed E-state index contributed by atoms with van der Waals surface area (Å²) in [4.78, 5) is 35.1. The predicted molar refractivity (Wildman–Crippen MR) is 138 cm³/mol. The minimum Gasteiger partial charge on any atom is -0.468 e. The van der Waals surface area contributed by atoms with Crippen LogP contribution in [0.3, 0.4) is 0 Å². The largest absolute Gasteiger partial charge is 0.468 e. The molecule has 0 aliphatic heterocycles. The summed E-state index contributed by atoms with van der Waals surface area (Å²) in [6.45, 7) is 1.56. The van der Waals surface area contributed by atoms with Crippen molar-refractivity contribution in [1.82, 2.24) is 0 Å². The number of ketones is 1. The molecule has 0 aliphatic rings. The van der Waals surface area contributed by atoms with Crippen LogP contribution in [0.2, 0.25) is 0 Å². The van der Waals surface area contributed by atoms with Gasteiger partial charge in [-0.2, -0.15) is 0 Å². The second-order valence-corrected chi connectivity index (χ2v) is 8.84. The number of rotatable bonds is 21. The molecule has 0 unspecified atom stereocenters. The Bertz CT molecular complexity index is 728. The van der Waals surface area contributed by atoms with Crippen LogP contribution in [0.5, 0.6) is 0 Å². The smallest absolute Gasteiger partial charge is 0.375 e. The summed E-state index contributed by atoms with van der Waals surface area (Å²) in [5, 5.41) is 0. The van der Waals surface area contributed by atoms with Crippen molar-refractivity contribution < 1.29 is 28.6 Å². The molecule has 0 heterocycles. The summed E-state index contributed by atoms with van der Waals surface area (Å²) in [7, 11) is 2.34. The summed E-state index contributed by atoms with van der Waals surface area (Å²) >= 11 is 0. The Morgan fingerprint density at radius 3 is 1.91 bits per heavy atom. The number of Topliss-reactive ketones (excluding diaryl/α,β-unsaturated/α-hetero) is 1. The molecular weight excluding hydrogens is 444 g/mol. The van der Waals surface area contributed by atoms with Gasteiger partial charge in [-0.1, -0.05) is 87.4 Å². The minimum atomic E-state index is -1.08. The monoisotopic (exact) mass is 488 g/mol. The van der Waals surface area contributed by atoms with E-state index in [-0.39, 0.29) is 6.42 Å². The Labute approximate surface area is 211 Å². The standard InChI is InChI=1S/C29H44O6/c1-33-28(31)26(27(30)29(32)34-2)22-18-13-11-9-7-5-3-4-6-8-10-12-14-19-23-35-24-25-20-16-15-17-21-25/h9,11,15-17,20-21,26H,3-8,10,12-14,18-19,22-24H2,1-2H3/t26-/m1/s1. The van der Waals surface area contributed by atoms with E-state index in [0.717, 1.165) is 33.0 Å². The summed E-state index contributed by atoms with van der Waals surface area (Å²) in [5.41, 5.74) is 1.24. The van der Waals surface area contributed by atoms with Gasteiger partial charge in [-0.25, -0.2) is 4.79 Å². The van der Waals surface area contributed by atoms with Crippen LogP contribution in [0, 0.1) is 5.92 Å². The van der Waals surface area contributed by atoms with Crippen molar-refractivity contribution >= 4 is 17.7 Å². The Kier molecular flexibility index (Phi) is 18.2. The highest BCUT2D eigenvalue weighted by Crippen LogP contribution is 2.14. The molecule has 0 fully saturated rings. The van der Waals surface area contributed by atoms with Crippen LogP contribution in [-0.2, 0) is 35.2 Å². The lowest BCUT2D eigenvalue weighted by atomic mass is 9.97. The quantitative estimate of drug-likeness (QED) is 0.0658. The molecule has 0 amide bonds. The van der Waals surface area contributed by atoms with Crippen molar-refractivity contribution in [1.29, 1.82) is 0 Å². The maximum atomic E-state index is 11.9. The minimum absolute atomic E-state index is 0.283. The highest BCUT2D eigenvalue weighted by molar-refractivity contribution is 6.37. The molecule has 0 bridgehead atoms. The van der Waals surface area contributed by atoms with Crippen LogP contribution in [0.15, 0.2) is 42.5 Å². The number of hydrogen-bond donors (Lipinski definition) is 0. The third-order valence-electron chi connectivity index (χ3n) is 5.99. The number of carbonyl (C=O) groups is 3. The fourth-order valence-electron chi connectivity index (χ4n) is 3.88. The Hall–Kier alpha value is -2.47. The van der Waals surface area contributed by atoms with Gasteiger partial charge in [0.25, 0.3) is 5.78 Å². The molecule has 196 valence electrons. The molecule has 0 aromatic heterocycles. The summed E-state index contributed by atoms with van der Waals surface area (Å²) < 4.78 is 14.8. The normalized spacial score (nSPS) is 11.9. The van der Waals surface area contributed by atoms with Gasteiger partial charge >= 0.3 is 11.9 Å². The Morgan fingerprint density at radius 1 is 0.743 bits per heavy atom. The number of methoxy groups -OCH3 is 2. The van der Waals surface area contributed by atoms with E-state index >= 15 is 0 Å². The predicted octanol–water partition coefficient (Wildman–Crippen LogP) is 6.36. The van der Waals surface area contributed by atoms with E-state index in [4.69, 9.17) is 4.74 Å². The van der Waals surface area contributed by atoms with Gasteiger partial charge in [0.1, 0.15) is 5.92 Å². The van der Waals surface area contributed by atoms with Crippen molar-refractivity contribution in [2.24, 2.45) is 5.92 Å². The van der Waals surface area contributed by atoms with Crippen LogP contribution in [0.1, 0.15) is 89.0 Å². The van der Waals surface area contributed by atoms with Crippen molar-refractivity contribution in [2.45, 2.75) is 90.1 Å². The second kappa shape index (κ2) is 20.9. The van der Waals surface area contributed by atoms with Gasteiger partial charge in [-0.15, -0.1) is 0 Å². The first-order valence-electron chi connectivity index (χ1n) is 13.1. The van der Waals surface area contributed by atoms with Gasteiger partial charge in [-0.3, -0.25) is 9.59 Å². The molecule has 0 saturated carbocycles. The molecule has 35 heavy (non-hydrogen) atoms. The molecular formula is C29H44O6. The van der Waals surface area contributed by atoms with E-state index in [2.05, 4.69) is 33.8 Å². The zero-order valence-corrected chi connectivity index (χ0v) is 21.7. The van der Waals surface area contributed by atoms with E-state index in [1.54, 1.807) is 0 Å². The number of ether oxygens (including phenoxy) is 3. The number of allylic oxidation sites excluding steroid dienone is 2. The molecule has 1 aromatic rings. The van der Waals surface area contributed by atoms with E-state index in [1.807, 2.05) is 18.2 Å². The molecule has 0 spiro atoms. The van der Waals surface area contributed by atoms with Gasteiger partial charge in [0, 0.05) is 6.61 Å². The lowest BCUT2D eigenvalue weighted by molar-refractivity contribution is -0.160. The van der Waals surface area contributed by atoms with E-state index in [9.17, 15) is 14.4 Å². The van der Waals surface area contributed by atoms with Crippen LogP contribution in [0.25, 0.3) is 0 Å². The van der Waals surface area contributed by atoms with Crippen LogP contribution < -0.4 is 0 Å². The molecule has 0 radical (unpaired) electrons. The van der Waals surface area contributed by atoms with E-state index < -0.39 is 23.6 Å². The SMILES string of the molecule is COC(=O)C(=O)[C@@H](CCCC=CCCCCCCCCCCCOCc1ccccc1)C(=O)OC. The Balaban J connectivity index is 1.91. The molecule has 1 aromatic carbocycles. The third kappa shape index (κ3) is 15.2. The number of unbranched alkanes of at least 4 members (excludes halogenated alkanes) is 10. The average Bonchev–Trinajstić information content (AvgIpc) is 2.89. The van der Waals surface area contributed by atoms with Crippen molar-refractivity contribution in [3.05, 3.63) is 48.0 Å². The molecule has 6 nitrogen and oxygen atoms in total. The topological polar surface area (TPSA) is 78.9 Å². The number of benzene rings is 1. The first-order chi connectivity index (χ1) is 17.1. The number of carbonyl (C=O) groups excluding carboxylic acids is 3. The van der Waals surface area contributed by atoms with Gasteiger partial charge in [0.2, 0.25) is 0 Å². The van der Waals surface area contributed by atoms with Gasteiger partial charge < -0.3 is 14.2 Å². The summed E-state index contributed by atoms with van der Waals surface area (Å²) in [5.74, 6) is -3.60. The van der Waals surface area contributed by atoms with Gasteiger partial charge in [0.15, 0.2) is 0 Å². The van der Waals surface area contributed by atoms with E-state index in [1.165, 1.54) is 64.0 Å². The summed E-state index contributed by atoms with van der Waals surface area (Å²) in [6, 6.07) is 10.3. The molecule has 1 rings (SSSR count). The van der Waals surface area contributed by atoms with Gasteiger partial charge in [0.05, 0.1) is 20.8 Å². The van der Waals surface area contributed by atoms with E-state index in [0.29, 0.717) is 13.0 Å². The van der Waals surface area contributed by atoms with Crippen LogP contribution in [-0.4, -0.2) is 38.5 Å². The molecule has 1 atom stereocenters. The number of esters is 2. The number of hydrogen-bond acceptors (Lipinski definition) is 6. The second-order valence-electron chi connectivity index (χ2n) is 8.84. The van der Waals surface area contributed by atoms with Crippen molar-refractivity contribution in [3.63, 3.8) is 0 Å². The van der Waals surface area contributed by atoms with Gasteiger partial charge in [-0.05, 0) is 44.1 Å². The fourth-order valence-corrected chi connectivity index (χ4v) is 3.88. The maximum absolute atomic E-state index is 11.9. The molecule has 0 saturated heterocycles. The molecule has 0 N–H and O–H groups in total. The van der Waals surface area contributed by atoms with Crippen LogP contribution in [0.4, 0.5) is 0 Å². The lowest BCUT2D eigenvalue weighted by Crippen LogP contribution is -2.31. The zero-order valence-electron chi connectivity index (χ0n) is 21.7. The first-order valence-corrected chi connectivity index (χ1v) is 13.1. The molecule has 0 aliphatic carbocycles. The van der Waals surface area contributed by atoms with Crippen molar-refractivity contribution in [3.8, 4) is 0 Å². The highest BCUT2D eigenvalue weighted by Gasteiger charge is 2.32. The van der Waals surface area contributed by atoms with Crippen molar-refractivity contribution in [2.75, 3.05) is 20.8 Å². The van der Waals surface area contributed by atoms with Crippen LogP contribution >= 0.6 is 0 Å². The average molecular weight is 489 g/mol. The highest BCUT2D eigenvalue weighted by atomic mass is 16.5. The first kappa shape index (κ1) is 30.6. The fraction of sp³-hybridized carbons (Fsp3) is 0.621.